The van der Waals surface area contributed by atoms with Crippen molar-refractivity contribution < 1.29 is 4.74 Å². The predicted octanol–water partition coefficient (Wildman–Crippen LogP) is 14.1. The maximum absolute atomic E-state index is 7.49. The topological polar surface area (TPSA) is 21.3 Å². The minimum Gasteiger partial charge on any atom is -0.374 e. The lowest BCUT2D eigenvalue weighted by molar-refractivity contribution is -0.140. The third-order valence-electron chi connectivity index (χ3n) is 15.6. The number of hydrogen-bond donors (Lipinski definition) is 1. The highest BCUT2D eigenvalue weighted by atomic mass is 35.5. The summed E-state index contributed by atoms with van der Waals surface area (Å²) >= 11 is 7.00. The summed E-state index contributed by atoms with van der Waals surface area (Å²) in [5.41, 5.74) is -0.0280. The molecule has 1 N–H and O–H groups in total. The fourth-order valence-electron chi connectivity index (χ4n) is 12.6. The second kappa shape index (κ2) is 20.9. The average Bonchev–Trinajstić information content (AvgIpc) is 3.09. The van der Waals surface area contributed by atoms with Crippen molar-refractivity contribution in [2.45, 2.75) is 220 Å². The molecule has 4 aliphatic rings. The van der Waals surface area contributed by atoms with Crippen molar-refractivity contribution in [1.29, 1.82) is 0 Å². The lowest BCUT2D eigenvalue weighted by atomic mass is 9.54. The molecule has 4 fully saturated rings. The molecule has 280 valence electrons. The van der Waals surface area contributed by atoms with Gasteiger partial charge in [0.25, 0.3) is 0 Å². The maximum atomic E-state index is 7.49. The van der Waals surface area contributed by atoms with Crippen LogP contribution >= 0.6 is 11.8 Å². The van der Waals surface area contributed by atoms with E-state index in [0.29, 0.717) is 41.8 Å². The first-order chi connectivity index (χ1) is 23.3. The molecular formula is C45H83ClNO+. The van der Waals surface area contributed by atoms with Crippen LogP contribution < -0.4 is 4.84 Å². The first kappa shape index (κ1) is 40.8. The van der Waals surface area contributed by atoms with E-state index in [2.05, 4.69) is 59.7 Å². The number of ether oxygens (including phenoxy) is 1. The standard InChI is InChI=1S/C45H83ClNO/c1-8-25-42(38-30-33(4)34(5)43(31-38)37-26-21-17-13-11-14-18-22-27-37)36(7)48-44-32-39(9-2)45(47-46,35(6)41(44)10-3)40-28-23-19-15-12-16-20-24-29-40/h9,33-44,47H,8,10-32H2,1-7H3/q+1. The van der Waals surface area contributed by atoms with Crippen LogP contribution in [0.15, 0.2) is 0 Å². The fraction of sp³-hybridized carbons (Fsp3) is 0.978. The molecule has 0 aromatic rings. The maximum Gasteiger partial charge on any atom is 0.120 e. The second-order valence-electron chi connectivity index (χ2n) is 18.2. The molecule has 4 aliphatic carbocycles. The summed E-state index contributed by atoms with van der Waals surface area (Å²) in [5, 5.41) is 0. The Kier molecular flexibility index (Phi) is 17.8. The van der Waals surface area contributed by atoms with Crippen molar-refractivity contribution in [2.24, 2.45) is 59.2 Å². The number of rotatable bonds is 11. The van der Waals surface area contributed by atoms with Crippen molar-refractivity contribution in [1.82, 2.24) is 4.84 Å². The highest BCUT2D eigenvalue weighted by molar-refractivity contribution is 6.14. The normalized spacial score (nSPS) is 38.9. The molecule has 48 heavy (non-hydrogen) atoms. The molecule has 4 rings (SSSR count). The summed E-state index contributed by atoms with van der Waals surface area (Å²) in [6.07, 6.45) is 36.6. The summed E-state index contributed by atoms with van der Waals surface area (Å²) in [6, 6.07) is 0. The van der Waals surface area contributed by atoms with Gasteiger partial charge in [-0.2, -0.15) is 0 Å². The average molecular weight is 690 g/mol. The molecule has 0 bridgehead atoms. The van der Waals surface area contributed by atoms with Gasteiger partial charge in [0.05, 0.1) is 31.1 Å². The Bertz CT molecular complexity index is 844. The molecule has 0 aromatic carbocycles. The van der Waals surface area contributed by atoms with Gasteiger partial charge in [0.2, 0.25) is 0 Å². The van der Waals surface area contributed by atoms with E-state index in [0.717, 1.165) is 36.0 Å². The lowest BCUT2D eigenvalue weighted by Crippen LogP contribution is -2.65. The zero-order chi connectivity index (χ0) is 34.5. The molecule has 0 heterocycles. The molecule has 3 heteroatoms. The molecule has 0 amide bonds. The van der Waals surface area contributed by atoms with E-state index in [1.807, 2.05) is 0 Å². The third kappa shape index (κ3) is 10.1. The smallest absolute Gasteiger partial charge is 0.120 e. The molecule has 11 atom stereocenters. The molecular weight excluding hydrogens is 606 g/mol. The van der Waals surface area contributed by atoms with E-state index >= 15 is 0 Å². The predicted molar refractivity (Wildman–Crippen MR) is 210 cm³/mol. The third-order valence-corrected chi connectivity index (χ3v) is 15.9. The van der Waals surface area contributed by atoms with Crippen LogP contribution in [-0.2, 0) is 4.74 Å². The molecule has 0 spiro atoms. The highest BCUT2D eigenvalue weighted by Gasteiger charge is 2.59. The molecule has 0 saturated heterocycles. The molecule has 2 nitrogen and oxygen atoms in total. The Balaban J connectivity index is 1.51. The Morgan fingerprint density at radius 2 is 1.31 bits per heavy atom. The minimum absolute atomic E-state index is 0.0280. The summed E-state index contributed by atoms with van der Waals surface area (Å²) in [5.74, 6) is 7.21. The van der Waals surface area contributed by atoms with Crippen LogP contribution in [0.3, 0.4) is 0 Å². The Labute approximate surface area is 306 Å². The van der Waals surface area contributed by atoms with E-state index in [9.17, 15) is 0 Å². The number of hydrogen-bond acceptors (Lipinski definition) is 2. The van der Waals surface area contributed by atoms with Crippen LogP contribution in [0.5, 0.6) is 0 Å². The van der Waals surface area contributed by atoms with E-state index in [-0.39, 0.29) is 5.54 Å². The van der Waals surface area contributed by atoms with Crippen LogP contribution in [0.4, 0.5) is 0 Å². The van der Waals surface area contributed by atoms with Gasteiger partial charge in [-0.3, -0.25) is 0 Å². The zero-order valence-corrected chi connectivity index (χ0v) is 34.0. The molecule has 0 radical (unpaired) electrons. The van der Waals surface area contributed by atoms with Gasteiger partial charge in [0, 0.05) is 6.42 Å². The second-order valence-corrected chi connectivity index (χ2v) is 18.4. The molecule has 4 saturated carbocycles. The van der Waals surface area contributed by atoms with E-state index in [1.165, 1.54) is 148 Å². The number of halogens is 1. The summed E-state index contributed by atoms with van der Waals surface area (Å²) in [6.45, 7) is 17.5. The Hall–Kier alpha value is 0.0800. The summed E-state index contributed by atoms with van der Waals surface area (Å²) in [4.78, 5) is 3.60. The molecule has 0 aromatic heterocycles. The Morgan fingerprint density at radius 3 is 1.81 bits per heavy atom. The van der Waals surface area contributed by atoms with Crippen molar-refractivity contribution in [3.05, 3.63) is 6.42 Å². The largest absolute Gasteiger partial charge is 0.374 e. The van der Waals surface area contributed by atoms with Crippen molar-refractivity contribution >= 4 is 11.8 Å². The van der Waals surface area contributed by atoms with Crippen LogP contribution in [-0.4, -0.2) is 17.7 Å². The quantitative estimate of drug-likeness (QED) is 0.172. The SMILES string of the molecule is C[CH+]C1CC(OC(C)C(CCC)C2CC(C)C(C)C(C3CCCCCCCCC3)C2)C(CC)C(C)C1(NCl)C1CCCCCCCCC1. The Morgan fingerprint density at radius 1 is 0.771 bits per heavy atom. The van der Waals surface area contributed by atoms with Crippen LogP contribution in [0.25, 0.3) is 0 Å². The first-order valence-electron chi connectivity index (χ1n) is 22.1. The fourth-order valence-corrected chi connectivity index (χ4v) is 13.1. The summed E-state index contributed by atoms with van der Waals surface area (Å²) < 4.78 is 7.49. The van der Waals surface area contributed by atoms with Crippen LogP contribution in [0.1, 0.15) is 203 Å². The van der Waals surface area contributed by atoms with Gasteiger partial charge in [-0.05, 0) is 104 Å². The van der Waals surface area contributed by atoms with Crippen molar-refractivity contribution in [3.63, 3.8) is 0 Å². The first-order valence-corrected chi connectivity index (χ1v) is 22.5. The van der Waals surface area contributed by atoms with Crippen molar-refractivity contribution in [3.8, 4) is 0 Å². The lowest BCUT2D eigenvalue weighted by Gasteiger charge is -2.55. The van der Waals surface area contributed by atoms with Gasteiger partial charge in [-0.1, -0.05) is 150 Å². The van der Waals surface area contributed by atoms with Gasteiger partial charge in [-0.25, -0.2) is 4.84 Å². The number of nitrogens with one attached hydrogen (secondary N) is 1. The molecule has 11 unspecified atom stereocenters. The van der Waals surface area contributed by atoms with E-state index < -0.39 is 0 Å². The van der Waals surface area contributed by atoms with Crippen LogP contribution in [0.2, 0.25) is 0 Å². The molecule has 0 aliphatic heterocycles. The minimum atomic E-state index is -0.0280. The zero-order valence-electron chi connectivity index (χ0n) is 33.3. The highest BCUT2D eigenvalue weighted by Crippen LogP contribution is 2.53. The van der Waals surface area contributed by atoms with Gasteiger partial charge >= 0.3 is 0 Å². The van der Waals surface area contributed by atoms with Crippen LogP contribution in [0, 0.1) is 65.6 Å². The van der Waals surface area contributed by atoms with Gasteiger partial charge in [0.1, 0.15) is 5.92 Å². The van der Waals surface area contributed by atoms with Crippen molar-refractivity contribution in [2.75, 3.05) is 0 Å². The monoisotopic (exact) mass is 689 g/mol. The van der Waals surface area contributed by atoms with E-state index in [1.54, 1.807) is 0 Å². The summed E-state index contributed by atoms with van der Waals surface area (Å²) in [7, 11) is 0. The van der Waals surface area contributed by atoms with Gasteiger partial charge in [0.15, 0.2) is 0 Å². The van der Waals surface area contributed by atoms with Gasteiger partial charge < -0.3 is 4.74 Å². The van der Waals surface area contributed by atoms with Gasteiger partial charge in [-0.15, -0.1) is 0 Å². The van der Waals surface area contributed by atoms with E-state index in [4.69, 9.17) is 16.5 Å².